The molecule has 0 bridgehead atoms. The number of amides is 1. The van der Waals surface area contributed by atoms with Crippen molar-refractivity contribution in [2.24, 2.45) is 0 Å². The Morgan fingerprint density at radius 2 is 1.38 bits per heavy atom. The lowest BCUT2D eigenvalue weighted by Gasteiger charge is -2.24. The van der Waals surface area contributed by atoms with Gasteiger partial charge in [0.05, 0.1) is 15.5 Å². The third kappa shape index (κ3) is 6.38. The minimum Gasteiger partial charge on any atom is -0.325 e. The van der Waals surface area contributed by atoms with Gasteiger partial charge >= 0.3 is 0 Å². The molecule has 3 aromatic carbocycles. The summed E-state index contributed by atoms with van der Waals surface area (Å²) in [6, 6.07) is 20.8. The van der Waals surface area contributed by atoms with Crippen LogP contribution in [0.1, 0.15) is 31.2 Å². The highest BCUT2D eigenvalue weighted by Crippen LogP contribution is 2.25. The molecule has 10 heteroatoms. The Labute approximate surface area is 219 Å². The summed E-state index contributed by atoms with van der Waals surface area (Å²) >= 11 is 0. The third-order valence-electron chi connectivity index (χ3n) is 6.28. The molecule has 0 saturated carbocycles. The first-order chi connectivity index (χ1) is 17.7. The van der Waals surface area contributed by atoms with Crippen LogP contribution in [0.25, 0.3) is 0 Å². The number of nitrogens with zero attached hydrogens (tertiary/aromatic N) is 2. The van der Waals surface area contributed by atoms with E-state index >= 15 is 0 Å². The van der Waals surface area contributed by atoms with Gasteiger partial charge in [0.1, 0.15) is 6.54 Å². The third-order valence-corrected chi connectivity index (χ3v) is 9.98. The van der Waals surface area contributed by atoms with E-state index in [4.69, 9.17) is 0 Å². The van der Waals surface area contributed by atoms with Crippen molar-refractivity contribution >= 4 is 37.3 Å². The van der Waals surface area contributed by atoms with E-state index in [-0.39, 0.29) is 9.79 Å². The molecule has 8 nitrogen and oxygen atoms in total. The van der Waals surface area contributed by atoms with Gasteiger partial charge in [0, 0.05) is 18.8 Å². The summed E-state index contributed by atoms with van der Waals surface area (Å²) in [7, 11) is -7.61. The highest BCUT2D eigenvalue weighted by Gasteiger charge is 2.28. The van der Waals surface area contributed by atoms with Crippen LogP contribution >= 0.6 is 0 Å². The minimum atomic E-state index is -4.01. The molecule has 196 valence electrons. The van der Waals surface area contributed by atoms with Gasteiger partial charge in [-0.25, -0.2) is 16.8 Å². The van der Waals surface area contributed by atoms with Gasteiger partial charge in [0.25, 0.3) is 10.0 Å². The van der Waals surface area contributed by atoms with Gasteiger partial charge in [0.15, 0.2) is 0 Å². The summed E-state index contributed by atoms with van der Waals surface area (Å²) in [6.45, 7) is 2.45. The molecule has 1 saturated heterocycles. The standard InChI is InChI=1S/C27H31N3O5S2/c1-22-11-15-24(16-12-22)30(37(34,35)25-9-5-4-6-10-25)21-27(31)28-23-13-17-26(18-14-23)36(32,33)29-19-7-2-3-8-20-29/h4-6,9-18H,2-3,7-8,19-21H2,1H3,(H,28,31). The molecule has 0 aliphatic carbocycles. The Morgan fingerprint density at radius 1 is 0.784 bits per heavy atom. The number of hydrogen-bond acceptors (Lipinski definition) is 5. The van der Waals surface area contributed by atoms with Crippen LogP contribution in [0.2, 0.25) is 0 Å². The molecule has 1 aliphatic rings. The molecule has 0 atom stereocenters. The van der Waals surface area contributed by atoms with Gasteiger partial charge in [-0.2, -0.15) is 4.31 Å². The largest absolute Gasteiger partial charge is 0.325 e. The predicted octanol–water partition coefficient (Wildman–Crippen LogP) is 4.39. The van der Waals surface area contributed by atoms with E-state index < -0.39 is 32.5 Å². The molecule has 1 aliphatic heterocycles. The van der Waals surface area contributed by atoms with Crippen LogP contribution in [0.4, 0.5) is 11.4 Å². The number of aryl methyl sites for hydroxylation is 1. The molecule has 37 heavy (non-hydrogen) atoms. The number of anilines is 2. The van der Waals surface area contributed by atoms with Crippen LogP contribution in [-0.2, 0) is 24.8 Å². The van der Waals surface area contributed by atoms with Crippen LogP contribution in [0, 0.1) is 6.92 Å². The molecule has 0 radical (unpaired) electrons. The van der Waals surface area contributed by atoms with Gasteiger partial charge in [-0.1, -0.05) is 48.7 Å². The molecule has 3 aromatic rings. The van der Waals surface area contributed by atoms with Crippen molar-refractivity contribution in [3.8, 4) is 0 Å². The number of carbonyl (C=O) groups excluding carboxylic acids is 1. The van der Waals surface area contributed by atoms with Crippen LogP contribution < -0.4 is 9.62 Å². The average Bonchev–Trinajstić information content (AvgIpc) is 3.19. The van der Waals surface area contributed by atoms with E-state index in [0.29, 0.717) is 24.5 Å². The highest BCUT2D eigenvalue weighted by molar-refractivity contribution is 7.92. The Morgan fingerprint density at radius 3 is 1.97 bits per heavy atom. The number of carbonyl (C=O) groups is 1. The van der Waals surface area contributed by atoms with Crippen molar-refractivity contribution in [2.45, 2.75) is 42.4 Å². The maximum absolute atomic E-state index is 13.4. The Kier molecular flexibility index (Phi) is 8.31. The van der Waals surface area contributed by atoms with E-state index in [1.807, 2.05) is 6.92 Å². The van der Waals surface area contributed by atoms with Gasteiger partial charge in [-0.05, 0) is 68.3 Å². The summed E-state index contributed by atoms with van der Waals surface area (Å²) < 4.78 is 55.4. The quantitative estimate of drug-likeness (QED) is 0.455. The maximum Gasteiger partial charge on any atom is 0.264 e. The summed E-state index contributed by atoms with van der Waals surface area (Å²) in [4.78, 5) is 13.2. The van der Waals surface area contributed by atoms with Crippen LogP contribution in [0.5, 0.6) is 0 Å². The fourth-order valence-corrected chi connectivity index (χ4v) is 7.18. The van der Waals surface area contributed by atoms with Crippen molar-refractivity contribution < 1.29 is 21.6 Å². The Hall–Kier alpha value is -3.21. The fraction of sp³-hybridized carbons (Fsp3) is 0.296. The van der Waals surface area contributed by atoms with E-state index in [9.17, 15) is 21.6 Å². The topological polar surface area (TPSA) is 104 Å². The average molecular weight is 542 g/mol. The van der Waals surface area contributed by atoms with E-state index in [2.05, 4.69) is 5.32 Å². The van der Waals surface area contributed by atoms with Crippen molar-refractivity contribution in [1.82, 2.24) is 4.31 Å². The first-order valence-electron chi connectivity index (χ1n) is 12.2. The van der Waals surface area contributed by atoms with E-state index in [1.54, 1.807) is 42.5 Å². The lowest BCUT2D eigenvalue weighted by molar-refractivity contribution is -0.114. The summed E-state index contributed by atoms with van der Waals surface area (Å²) in [5.74, 6) is -0.553. The van der Waals surface area contributed by atoms with E-state index in [1.165, 1.54) is 40.7 Å². The predicted molar refractivity (Wildman–Crippen MR) is 144 cm³/mol. The second-order valence-electron chi connectivity index (χ2n) is 9.05. The van der Waals surface area contributed by atoms with Crippen LogP contribution in [0.3, 0.4) is 0 Å². The molecule has 1 N–H and O–H groups in total. The molecule has 0 spiro atoms. The number of hydrogen-bond donors (Lipinski definition) is 1. The van der Waals surface area contributed by atoms with Crippen LogP contribution in [0.15, 0.2) is 88.7 Å². The first-order valence-corrected chi connectivity index (χ1v) is 15.1. The van der Waals surface area contributed by atoms with Gasteiger partial charge in [-0.15, -0.1) is 0 Å². The molecule has 0 unspecified atom stereocenters. The molecule has 1 amide bonds. The zero-order chi connectivity index (χ0) is 26.5. The highest BCUT2D eigenvalue weighted by atomic mass is 32.2. The molecule has 1 heterocycles. The van der Waals surface area contributed by atoms with E-state index in [0.717, 1.165) is 35.6 Å². The molecular weight excluding hydrogens is 510 g/mol. The Balaban J connectivity index is 1.52. The molecular formula is C27H31N3O5S2. The van der Waals surface area contributed by atoms with Gasteiger partial charge < -0.3 is 5.32 Å². The van der Waals surface area contributed by atoms with Crippen molar-refractivity contribution in [1.29, 1.82) is 0 Å². The lowest BCUT2D eigenvalue weighted by Crippen LogP contribution is -2.38. The number of sulfonamides is 2. The second kappa shape index (κ2) is 11.5. The van der Waals surface area contributed by atoms with Gasteiger partial charge in [0.2, 0.25) is 15.9 Å². The van der Waals surface area contributed by atoms with Crippen LogP contribution in [-0.4, -0.2) is 46.7 Å². The first kappa shape index (κ1) is 26.8. The normalized spacial score (nSPS) is 15.1. The van der Waals surface area contributed by atoms with Gasteiger partial charge in [-0.3, -0.25) is 9.10 Å². The zero-order valence-corrected chi connectivity index (χ0v) is 22.3. The molecule has 1 fully saturated rings. The summed E-state index contributed by atoms with van der Waals surface area (Å²) in [5.41, 5.74) is 1.70. The van der Waals surface area contributed by atoms with Crippen molar-refractivity contribution in [3.63, 3.8) is 0 Å². The zero-order valence-electron chi connectivity index (χ0n) is 20.7. The lowest BCUT2D eigenvalue weighted by atomic mass is 10.2. The van der Waals surface area contributed by atoms with Crippen molar-refractivity contribution in [2.75, 3.05) is 29.3 Å². The minimum absolute atomic E-state index is 0.0754. The molecule has 0 aromatic heterocycles. The summed E-state index contributed by atoms with van der Waals surface area (Å²) in [5, 5.41) is 2.69. The second-order valence-corrected chi connectivity index (χ2v) is 12.9. The summed E-state index contributed by atoms with van der Waals surface area (Å²) in [6.07, 6.45) is 3.74. The number of benzene rings is 3. The number of rotatable bonds is 8. The number of nitrogens with one attached hydrogen (secondary N) is 1. The van der Waals surface area contributed by atoms with Crippen molar-refractivity contribution in [3.05, 3.63) is 84.4 Å². The monoisotopic (exact) mass is 541 g/mol. The Bertz CT molecular complexity index is 1420. The molecule has 4 rings (SSSR count). The maximum atomic E-state index is 13.4. The fourth-order valence-electron chi connectivity index (χ4n) is 4.22. The SMILES string of the molecule is Cc1ccc(N(CC(=O)Nc2ccc(S(=O)(=O)N3CCCCCC3)cc2)S(=O)(=O)c2ccccc2)cc1. The smallest absolute Gasteiger partial charge is 0.264 e.